The lowest BCUT2D eigenvalue weighted by Gasteiger charge is -2.24. The number of carboxylic acid groups (broad SMARTS) is 1. The van der Waals surface area contributed by atoms with Crippen molar-refractivity contribution in [1.82, 2.24) is 15.3 Å². The lowest BCUT2D eigenvalue weighted by molar-refractivity contribution is 0.00693. The van der Waals surface area contributed by atoms with Crippen molar-refractivity contribution in [3.05, 3.63) is 84.2 Å². The van der Waals surface area contributed by atoms with E-state index in [0.29, 0.717) is 23.2 Å². The molecule has 0 spiro atoms. The van der Waals surface area contributed by atoms with Gasteiger partial charge in [0.1, 0.15) is 11.2 Å². The Kier molecular flexibility index (Phi) is 14.7. The second-order valence-electron chi connectivity index (χ2n) is 12.7. The molecule has 0 unspecified atom stereocenters. The predicted octanol–water partition coefficient (Wildman–Crippen LogP) is 6.24. The van der Waals surface area contributed by atoms with Crippen LogP contribution < -0.4 is 5.32 Å². The molecule has 2 N–H and O–H groups in total. The molecular weight excluding hydrogens is 567 g/mol. The van der Waals surface area contributed by atoms with Gasteiger partial charge < -0.3 is 19.9 Å². The van der Waals surface area contributed by atoms with Crippen molar-refractivity contribution in [3.8, 4) is 0 Å². The molecule has 0 aliphatic rings. The highest BCUT2D eigenvalue weighted by Crippen LogP contribution is 2.17. The molecule has 0 aliphatic heterocycles. The molecule has 0 amide bonds. The van der Waals surface area contributed by atoms with Crippen LogP contribution in [0.3, 0.4) is 0 Å². The van der Waals surface area contributed by atoms with E-state index in [1.54, 1.807) is 48.8 Å². The van der Waals surface area contributed by atoms with Gasteiger partial charge in [-0.3, -0.25) is 9.97 Å². The number of aromatic carboxylic acids is 1. The van der Waals surface area contributed by atoms with Crippen LogP contribution in [0.15, 0.2) is 78.0 Å². The monoisotopic (exact) mass is 617 g/mol. The molecule has 4 rings (SSSR count). The molecule has 0 radical (unpaired) electrons. The van der Waals surface area contributed by atoms with Gasteiger partial charge in [0.15, 0.2) is 0 Å². The number of aliphatic imine (C=N–C) groups is 1. The minimum Gasteiger partial charge on any atom is -0.478 e. The molecule has 0 fully saturated rings. The number of amidine groups is 1. The van der Waals surface area contributed by atoms with Crippen LogP contribution in [0, 0.1) is 0 Å². The molecule has 0 aliphatic carbocycles. The van der Waals surface area contributed by atoms with Gasteiger partial charge in [-0.2, -0.15) is 0 Å². The van der Waals surface area contributed by atoms with Gasteiger partial charge >= 0.3 is 11.9 Å². The number of pyridine rings is 2. The third kappa shape index (κ3) is 14.7. The zero-order valence-electron chi connectivity index (χ0n) is 27.5. The quantitative estimate of drug-likeness (QED) is 0.120. The molecular formula is C35H50BN4O5-. The van der Waals surface area contributed by atoms with Gasteiger partial charge in [0.2, 0.25) is 0 Å². The summed E-state index contributed by atoms with van der Waals surface area (Å²) in [4.78, 5) is 35.2. The number of nitrogens with zero attached hydrogens (tertiary/aromatic N) is 3. The lowest BCUT2D eigenvalue weighted by Crippen LogP contribution is -2.38. The first-order valence-corrected chi connectivity index (χ1v) is 14.6. The van der Waals surface area contributed by atoms with E-state index in [1.165, 1.54) is 0 Å². The summed E-state index contributed by atoms with van der Waals surface area (Å²) in [5, 5.41) is 13.7. The number of ether oxygens (including phenoxy) is 2. The van der Waals surface area contributed by atoms with E-state index >= 15 is 0 Å². The number of benzene rings is 2. The van der Waals surface area contributed by atoms with E-state index in [0.717, 1.165) is 21.8 Å². The number of esters is 1. The Balaban J connectivity index is 0.000000337. The fourth-order valence-corrected chi connectivity index (χ4v) is 3.61. The van der Waals surface area contributed by atoms with Gasteiger partial charge in [0, 0.05) is 35.2 Å². The lowest BCUT2D eigenvalue weighted by atomic mass is 10.1. The maximum Gasteiger partial charge on any atom is 0.338 e. The highest BCUT2D eigenvalue weighted by molar-refractivity contribution is 5.94. The fourth-order valence-electron chi connectivity index (χ4n) is 3.61. The molecule has 2 aromatic carbocycles. The van der Waals surface area contributed by atoms with Crippen LogP contribution >= 0.6 is 0 Å². The zero-order chi connectivity index (χ0) is 33.1. The molecule has 0 atom stereocenters. The largest absolute Gasteiger partial charge is 0.478 e. The van der Waals surface area contributed by atoms with Crippen molar-refractivity contribution < 1.29 is 24.2 Å². The normalized spacial score (nSPS) is 11.5. The fraction of sp³-hybridized carbons (Fsp3) is 0.400. The predicted molar refractivity (Wildman–Crippen MR) is 189 cm³/mol. The smallest absolute Gasteiger partial charge is 0.338 e. The maximum atomic E-state index is 11.9. The van der Waals surface area contributed by atoms with Crippen molar-refractivity contribution >= 4 is 48.2 Å². The van der Waals surface area contributed by atoms with Gasteiger partial charge in [-0.05, 0) is 118 Å². The summed E-state index contributed by atoms with van der Waals surface area (Å²) in [6, 6.07) is 18.9. The molecule has 2 heterocycles. The number of rotatable bonds is 4. The van der Waals surface area contributed by atoms with Crippen molar-refractivity contribution in [2.24, 2.45) is 4.99 Å². The van der Waals surface area contributed by atoms with E-state index in [4.69, 9.17) is 14.6 Å². The van der Waals surface area contributed by atoms with E-state index in [2.05, 4.69) is 34.1 Å². The number of hydrogen-bond donors (Lipinski definition) is 2. The standard InChI is InChI=1S/C14H15NO2.C11H24N2O.C10H7NO2.BH4/c1-14(2,3)17-13(16)11-6-7-12-10(9-11)5-4-8-15-12;1-8(2)12-10(13-9(3)4)14-11(5,6)7;12-10(13)8-3-4-9-7(6-8)2-1-5-11-9;/h4-9H,1-3H3;8-9H,1-7H3,(H,12,13);1-6H,(H,12,13);1H4/q;;;-1. The number of aromatic nitrogens is 2. The zero-order valence-corrected chi connectivity index (χ0v) is 27.5. The molecule has 244 valence electrons. The maximum absolute atomic E-state index is 11.9. The van der Waals surface area contributed by atoms with Crippen LogP contribution in [0.25, 0.3) is 21.8 Å². The topological polar surface area (TPSA) is 123 Å². The van der Waals surface area contributed by atoms with Crippen molar-refractivity contribution in [2.75, 3.05) is 0 Å². The van der Waals surface area contributed by atoms with Crippen molar-refractivity contribution in [2.45, 2.75) is 92.5 Å². The Hall–Kier alpha value is -4.47. The Labute approximate surface area is 269 Å². The molecule has 9 nitrogen and oxygen atoms in total. The van der Waals surface area contributed by atoms with Gasteiger partial charge in [0.25, 0.3) is 6.02 Å². The van der Waals surface area contributed by atoms with E-state index < -0.39 is 11.6 Å². The van der Waals surface area contributed by atoms with Gasteiger partial charge in [-0.25, -0.2) is 14.6 Å². The van der Waals surface area contributed by atoms with Gasteiger partial charge in [0.05, 0.1) is 22.2 Å². The van der Waals surface area contributed by atoms with E-state index in [1.807, 2.05) is 79.7 Å². The number of nitrogens with one attached hydrogen (secondary N) is 1. The molecule has 10 heteroatoms. The Morgan fingerprint density at radius 3 is 1.64 bits per heavy atom. The number of fused-ring (bicyclic) bond motifs is 2. The molecule has 0 saturated carbocycles. The Morgan fingerprint density at radius 2 is 1.22 bits per heavy atom. The number of hydrogen-bond acceptors (Lipinski definition) is 7. The van der Waals surface area contributed by atoms with E-state index in [9.17, 15) is 9.59 Å². The summed E-state index contributed by atoms with van der Waals surface area (Å²) in [5.74, 6) is -1.21. The first kappa shape index (κ1) is 38.6. The summed E-state index contributed by atoms with van der Waals surface area (Å²) in [6.07, 6.45) is 3.41. The molecule has 2 aromatic heterocycles. The number of carboxylic acids is 1. The summed E-state index contributed by atoms with van der Waals surface area (Å²) >= 11 is 0. The van der Waals surface area contributed by atoms with Crippen LogP contribution in [0.1, 0.15) is 90.0 Å². The summed E-state index contributed by atoms with van der Waals surface area (Å²) in [5.41, 5.74) is 1.87. The highest BCUT2D eigenvalue weighted by Gasteiger charge is 2.18. The van der Waals surface area contributed by atoms with Crippen LogP contribution in [-0.4, -0.2) is 64.7 Å². The first-order chi connectivity index (χ1) is 20.4. The SMILES string of the molecule is CC(C)(C)OC(=O)c1ccc2ncccc2c1.CC(C)N=C(NC(C)C)OC(C)(C)C.O=C(O)c1ccc2ncccc2c1.[BH4-]. The average Bonchev–Trinajstić information content (AvgIpc) is 2.90. The first-order valence-electron chi connectivity index (χ1n) is 14.6. The Bertz CT molecular complexity index is 1570. The van der Waals surface area contributed by atoms with Crippen molar-refractivity contribution in [3.63, 3.8) is 0 Å². The third-order valence-electron chi connectivity index (χ3n) is 5.28. The van der Waals surface area contributed by atoms with Crippen LogP contribution in [-0.2, 0) is 9.47 Å². The van der Waals surface area contributed by atoms with Crippen LogP contribution in [0.4, 0.5) is 0 Å². The summed E-state index contributed by atoms with van der Waals surface area (Å²) in [7, 11) is 0. The van der Waals surface area contributed by atoms with Crippen LogP contribution in [0.5, 0.6) is 0 Å². The molecule has 0 saturated heterocycles. The van der Waals surface area contributed by atoms with Crippen LogP contribution in [0.2, 0.25) is 0 Å². The second kappa shape index (κ2) is 17.1. The number of carbonyl (C=O) groups excluding carboxylic acids is 1. The summed E-state index contributed by atoms with van der Waals surface area (Å²) < 4.78 is 11.0. The Morgan fingerprint density at radius 1 is 0.756 bits per heavy atom. The average molecular weight is 618 g/mol. The highest BCUT2D eigenvalue weighted by atomic mass is 16.6. The van der Waals surface area contributed by atoms with Crippen molar-refractivity contribution in [1.29, 1.82) is 0 Å². The van der Waals surface area contributed by atoms with E-state index in [-0.39, 0.29) is 26.0 Å². The molecule has 0 bridgehead atoms. The second-order valence-corrected chi connectivity index (χ2v) is 12.7. The van der Waals surface area contributed by atoms with Gasteiger partial charge in [-0.1, -0.05) is 20.5 Å². The third-order valence-corrected chi connectivity index (χ3v) is 5.28. The summed E-state index contributed by atoms with van der Waals surface area (Å²) in [6.45, 7) is 19.8. The van der Waals surface area contributed by atoms with Gasteiger partial charge in [-0.15, -0.1) is 0 Å². The minimum atomic E-state index is -0.911. The minimum absolute atomic E-state index is 0. The number of carbonyl (C=O) groups is 2. The molecule has 45 heavy (non-hydrogen) atoms. The molecule has 4 aromatic rings.